The van der Waals surface area contributed by atoms with E-state index in [1.807, 2.05) is 0 Å². The quantitative estimate of drug-likeness (QED) is 0.169. The van der Waals surface area contributed by atoms with Crippen LogP contribution in [0.1, 0.15) is 34.6 Å². The topological polar surface area (TPSA) is 12.5 Å². The van der Waals surface area contributed by atoms with E-state index in [4.69, 9.17) is 4.74 Å². The highest BCUT2D eigenvalue weighted by Gasteiger charge is 2.53. The molecule has 270 valence electrons. The zero-order valence-electron chi connectivity index (χ0n) is 31.4. The molecule has 2 atom stereocenters. The van der Waals surface area contributed by atoms with Crippen molar-refractivity contribution in [2.45, 2.75) is 17.8 Å². The van der Waals surface area contributed by atoms with E-state index in [0.29, 0.717) is 0 Å². The molecule has 2 heteroatoms. The molecule has 8 aromatic rings. The van der Waals surface area contributed by atoms with Crippen LogP contribution in [0.2, 0.25) is 0 Å². The molecule has 0 radical (unpaired) electrons. The number of anilines is 3. The summed E-state index contributed by atoms with van der Waals surface area (Å²) in [5, 5.41) is 0. The van der Waals surface area contributed by atoms with Gasteiger partial charge in [-0.25, -0.2) is 0 Å². The van der Waals surface area contributed by atoms with Crippen LogP contribution in [0.3, 0.4) is 0 Å². The monoisotopic (exact) mass is 729 g/mol. The maximum Gasteiger partial charge on any atom is 0.132 e. The molecule has 1 heterocycles. The highest BCUT2D eigenvalue weighted by molar-refractivity contribution is 5.92. The van der Waals surface area contributed by atoms with Gasteiger partial charge in [-0.3, -0.25) is 0 Å². The predicted molar refractivity (Wildman–Crippen MR) is 234 cm³/mol. The fraction of sp³-hybridized carbons (Fsp3) is 0.0545. The van der Waals surface area contributed by atoms with E-state index in [-0.39, 0.29) is 5.92 Å². The Labute approximate surface area is 334 Å². The van der Waals surface area contributed by atoms with Crippen LogP contribution in [-0.2, 0) is 5.41 Å². The second kappa shape index (κ2) is 13.5. The van der Waals surface area contributed by atoms with E-state index in [1.165, 1.54) is 55.6 Å². The molecule has 2 unspecified atom stereocenters. The van der Waals surface area contributed by atoms with Gasteiger partial charge in [-0.2, -0.15) is 0 Å². The average molecular weight is 730 g/mol. The number of allylic oxidation sites excluding steroid dienone is 3. The maximum absolute atomic E-state index is 7.12. The molecule has 0 saturated heterocycles. The SMILES string of the molecule is C1=C2Oc3cc(-c4ccccc4)ccc3C3(C2=CCC1c1ccccc1)c1ccccc1-c1ccc(N(c2ccccc2)c2cccc(-c4ccccc4)c2)cc13. The van der Waals surface area contributed by atoms with Crippen molar-refractivity contribution in [3.63, 3.8) is 0 Å². The van der Waals surface area contributed by atoms with E-state index >= 15 is 0 Å². The van der Waals surface area contributed by atoms with E-state index in [2.05, 4.69) is 223 Å². The lowest BCUT2D eigenvalue weighted by Crippen LogP contribution is -2.36. The average Bonchev–Trinajstić information content (AvgIpc) is 3.57. The van der Waals surface area contributed by atoms with Crippen molar-refractivity contribution in [1.29, 1.82) is 0 Å². The first-order valence-corrected chi connectivity index (χ1v) is 19.9. The molecule has 57 heavy (non-hydrogen) atoms. The standard InChI is InChI=1S/C55H39NO/c1-5-16-38(17-6-1)41-22-15-25-45(34-41)56(44-23-11-4-12-24-44)46-30-31-48-47-26-13-14-27-49(47)55(52(48)37-46)50-32-28-42(39-18-7-2-8-19-39)35-53(50)57-54-36-43(29-33-51(54)55)40-20-9-3-10-21-40/h1-28,30-37,43H,29H2. The van der Waals surface area contributed by atoms with Gasteiger partial charge in [0, 0.05) is 34.1 Å². The third-order valence-corrected chi connectivity index (χ3v) is 12.1. The molecule has 1 aliphatic heterocycles. The smallest absolute Gasteiger partial charge is 0.132 e. The lowest BCUT2D eigenvalue weighted by atomic mass is 9.63. The molecule has 2 aliphatic carbocycles. The van der Waals surface area contributed by atoms with E-state index < -0.39 is 5.41 Å². The largest absolute Gasteiger partial charge is 0.457 e. The summed E-state index contributed by atoms with van der Waals surface area (Å²) in [5.74, 6) is 2.06. The minimum absolute atomic E-state index is 0.216. The molecule has 0 amide bonds. The first-order chi connectivity index (χ1) is 28.3. The molecular formula is C55H39NO. The van der Waals surface area contributed by atoms with Crippen LogP contribution >= 0.6 is 0 Å². The van der Waals surface area contributed by atoms with Gasteiger partial charge < -0.3 is 9.64 Å². The van der Waals surface area contributed by atoms with Gasteiger partial charge >= 0.3 is 0 Å². The van der Waals surface area contributed by atoms with Gasteiger partial charge in [0.15, 0.2) is 0 Å². The van der Waals surface area contributed by atoms with Gasteiger partial charge in [-0.1, -0.05) is 170 Å². The number of para-hydroxylation sites is 1. The van der Waals surface area contributed by atoms with Gasteiger partial charge in [0.05, 0.1) is 5.41 Å². The van der Waals surface area contributed by atoms with E-state index in [9.17, 15) is 0 Å². The number of benzene rings is 8. The Bertz CT molecular complexity index is 2840. The van der Waals surface area contributed by atoms with Crippen LogP contribution in [0, 0.1) is 0 Å². The Balaban J connectivity index is 1.16. The first-order valence-electron chi connectivity index (χ1n) is 19.9. The van der Waals surface area contributed by atoms with Gasteiger partial charge in [0.2, 0.25) is 0 Å². The lowest BCUT2D eigenvalue weighted by molar-refractivity contribution is 0.381. The fourth-order valence-electron chi connectivity index (χ4n) is 9.50. The number of nitrogens with zero attached hydrogens (tertiary/aromatic N) is 1. The third-order valence-electron chi connectivity index (χ3n) is 12.1. The minimum Gasteiger partial charge on any atom is -0.457 e. The van der Waals surface area contributed by atoms with Crippen molar-refractivity contribution in [3.8, 4) is 39.1 Å². The van der Waals surface area contributed by atoms with Gasteiger partial charge in [0.1, 0.15) is 11.5 Å². The summed E-state index contributed by atoms with van der Waals surface area (Å²) < 4.78 is 7.12. The number of rotatable bonds is 6. The molecule has 0 bridgehead atoms. The van der Waals surface area contributed by atoms with Crippen molar-refractivity contribution < 1.29 is 4.74 Å². The number of hydrogen-bond acceptors (Lipinski definition) is 2. The molecule has 0 N–H and O–H groups in total. The fourth-order valence-corrected chi connectivity index (χ4v) is 9.50. The van der Waals surface area contributed by atoms with Crippen LogP contribution in [0.25, 0.3) is 33.4 Å². The molecule has 0 saturated carbocycles. The molecule has 2 nitrogen and oxygen atoms in total. The molecule has 8 aromatic carbocycles. The van der Waals surface area contributed by atoms with Crippen LogP contribution in [0.5, 0.6) is 5.75 Å². The molecule has 0 fully saturated rings. The van der Waals surface area contributed by atoms with Gasteiger partial charge in [-0.15, -0.1) is 0 Å². The van der Waals surface area contributed by atoms with Crippen molar-refractivity contribution in [1.82, 2.24) is 0 Å². The van der Waals surface area contributed by atoms with Crippen LogP contribution in [-0.4, -0.2) is 0 Å². The zero-order valence-corrected chi connectivity index (χ0v) is 31.4. The number of ether oxygens (including phenoxy) is 1. The molecule has 0 aromatic heterocycles. The Hall–Kier alpha value is -7.16. The van der Waals surface area contributed by atoms with Crippen LogP contribution in [0.15, 0.2) is 230 Å². The molecule has 11 rings (SSSR count). The zero-order chi connectivity index (χ0) is 37.8. The summed E-state index contributed by atoms with van der Waals surface area (Å²) in [5.41, 5.74) is 16.2. The Morgan fingerprint density at radius 1 is 0.439 bits per heavy atom. The van der Waals surface area contributed by atoms with Crippen molar-refractivity contribution in [3.05, 3.63) is 252 Å². The summed E-state index contributed by atoms with van der Waals surface area (Å²) in [6.45, 7) is 0. The van der Waals surface area contributed by atoms with Crippen molar-refractivity contribution in [2.24, 2.45) is 0 Å². The lowest BCUT2D eigenvalue weighted by Gasteiger charge is -2.43. The molecule has 1 spiro atoms. The van der Waals surface area contributed by atoms with Crippen LogP contribution in [0.4, 0.5) is 17.1 Å². The normalized spacial score (nSPS) is 17.3. The van der Waals surface area contributed by atoms with E-state index in [0.717, 1.165) is 40.6 Å². The van der Waals surface area contributed by atoms with Crippen molar-refractivity contribution in [2.75, 3.05) is 4.90 Å². The summed E-state index contributed by atoms with van der Waals surface area (Å²) >= 11 is 0. The van der Waals surface area contributed by atoms with Crippen LogP contribution < -0.4 is 9.64 Å². The predicted octanol–water partition coefficient (Wildman–Crippen LogP) is 14.2. The maximum atomic E-state index is 7.12. The second-order valence-corrected chi connectivity index (χ2v) is 15.2. The molecule has 3 aliphatic rings. The Morgan fingerprint density at radius 3 is 1.79 bits per heavy atom. The summed E-state index contributed by atoms with van der Waals surface area (Å²) in [4.78, 5) is 2.40. The highest BCUT2D eigenvalue weighted by atomic mass is 16.5. The highest BCUT2D eigenvalue weighted by Crippen LogP contribution is 2.63. The first kappa shape index (κ1) is 33.2. The van der Waals surface area contributed by atoms with Gasteiger partial charge in [0.25, 0.3) is 0 Å². The Kier molecular flexibility index (Phi) is 7.89. The van der Waals surface area contributed by atoms with Crippen molar-refractivity contribution >= 4 is 17.1 Å². The Morgan fingerprint density at radius 2 is 1.04 bits per heavy atom. The number of hydrogen-bond donors (Lipinski definition) is 0. The molecular weight excluding hydrogens is 691 g/mol. The second-order valence-electron chi connectivity index (χ2n) is 15.2. The summed E-state index contributed by atoms with van der Waals surface area (Å²) in [6.07, 6.45) is 5.74. The van der Waals surface area contributed by atoms with Gasteiger partial charge in [-0.05, 0) is 105 Å². The number of fused-ring (bicyclic) bond motifs is 9. The van der Waals surface area contributed by atoms with E-state index in [1.54, 1.807) is 0 Å². The summed E-state index contributed by atoms with van der Waals surface area (Å²) in [6, 6.07) is 74.7. The summed E-state index contributed by atoms with van der Waals surface area (Å²) in [7, 11) is 0. The third kappa shape index (κ3) is 5.40. The minimum atomic E-state index is -0.591.